The Hall–Kier alpha value is -1.19. The van der Waals surface area contributed by atoms with Gasteiger partial charge in [-0.1, -0.05) is 18.4 Å². The molecule has 0 spiro atoms. The number of ether oxygens (including phenoxy) is 1. The van der Waals surface area contributed by atoms with Crippen molar-refractivity contribution >= 4 is 6.29 Å². The Kier molecular flexibility index (Phi) is 13.9. The first-order valence-corrected chi connectivity index (χ1v) is 7.43. The van der Waals surface area contributed by atoms with Crippen LogP contribution in [0.4, 0.5) is 0 Å². The maximum Gasteiger partial charge on any atom is 0.0949 e. The van der Waals surface area contributed by atoms with Crippen molar-refractivity contribution in [2.24, 2.45) is 0 Å². The smallest absolute Gasteiger partial charge is 0.0949 e. The molecule has 2 rings (SSSR count). The van der Waals surface area contributed by atoms with E-state index in [1.165, 1.54) is 5.56 Å². The third-order valence-electron chi connectivity index (χ3n) is 3.02. The summed E-state index contributed by atoms with van der Waals surface area (Å²) in [6.07, 6.45) is 5.11. The molecule has 0 amide bonds. The Morgan fingerprint density at radius 1 is 1.05 bits per heavy atom. The molecule has 0 aromatic heterocycles. The molecule has 0 aliphatic carbocycles. The Balaban J connectivity index is 0.000000465. The summed E-state index contributed by atoms with van der Waals surface area (Å²) in [6, 6.07) is 15.4. The normalized spacial score (nSPS) is 9.50. The molecule has 128 valence electrons. The van der Waals surface area contributed by atoms with Crippen molar-refractivity contribution in [3.8, 4) is 0 Å². The molecule has 2 aromatic rings. The molecule has 0 bridgehead atoms. The topological polar surface area (TPSA) is 46.5 Å². The van der Waals surface area contributed by atoms with Gasteiger partial charge in [0, 0.05) is 30.3 Å². The predicted octanol–water partition coefficient (Wildman–Crippen LogP) is 3.69. The van der Waals surface area contributed by atoms with Crippen LogP contribution >= 0.6 is 0 Å². The molecule has 0 aliphatic heterocycles. The van der Waals surface area contributed by atoms with E-state index >= 15 is 0 Å². The van der Waals surface area contributed by atoms with Crippen LogP contribution in [0.5, 0.6) is 0 Å². The average molecular weight is 344 g/mol. The van der Waals surface area contributed by atoms with Gasteiger partial charge in [-0.3, -0.25) is 0 Å². The van der Waals surface area contributed by atoms with Crippen LogP contribution in [0.15, 0.2) is 48.5 Å². The van der Waals surface area contributed by atoms with Gasteiger partial charge in [-0.2, -0.15) is 12.1 Å². The first-order chi connectivity index (χ1) is 10.4. The Bertz CT molecular complexity index is 435. The molecule has 22 heavy (non-hydrogen) atoms. The van der Waals surface area contributed by atoms with Crippen LogP contribution in [-0.2, 0) is 28.4 Å². The third kappa shape index (κ3) is 10.5. The Morgan fingerprint density at radius 2 is 1.68 bits per heavy atom. The number of aldehydes is 1. The minimum atomic E-state index is 0. The molecule has 0 radical (unpaired) electrons. The number of hydrogen-bond donors (Lipinski definition) is 1. The number of unbranched alkanes of at least 4 members (excludes halogenated alkanes) is 3. The molecule has 2 aromatic carbocycles. The van der Waals surface area contributed by atoms with Crippen LogP contribution in [0.3, 0.4) is 0 Å². The van der Waals surface area contributed by atoms with Gasteiger partial charge in [0.25, 0.3) is 0 Å². The van der Waals surface area contributed by atoms with Crippen molar-refractivity contribution in [2.45, 2.75) is 32.3 Å². The average Bonchev–Trinajstić information content (AvgIpc) is 3.20. The van der Waals surface area contributed by atoms with E-state index in [0.29, 0.717) is 6.61 Å². The molecule has 1 N–H and O–H groups in total. The molecule has 3 nitrogen and oxygen atoms in total. The third-order valence-corrected chi connectivity index (χ3v) is 3.02. The van der Waals surface area contributed by atoms with Gasteiger partial charge in [0.05, 0.1) is 6.29 Å². The molecule has 0 saturated carbocycles. The van der Waals surface area contributed by atoms with E-state index in [9.17, 15) is 4.79 Å². The summed E-state index contributed by atoms with van der Waals surface area (Å²) in [7, 11) is 0. The summed E-state index contributed by atoms with van der Waals surface area (Å²) < 4.78 is 5.50. The van der Waals surface area contributed by atoms with Crippen LogP contribution in [0, 0.1) is 0 Å². The Morgan fingerprint density at radius 3 is 2.23 bits per heavy atom. The van der Waals surface area contributed by atoms with Gasteiger partial charge in [-0.15, -0.1) is 6.61 Å². The first kappa shape index (κ1) is 20.8. The SMILES string of the molecule is O=C[c-]1cccc1.OCCCCCCOC[c-]1[cH-][cH-][cH-][cH-]1.[Fe]. The van der Waals surface area contributed by atoms with Gasteiger partial charge in [0.1, 0.15) is 0 Å². The van der Waals surface area contributed by atoms with Crippen LogP contribution in [0.25, 0.3) is 0 Å². The second kappa shape index (κ2) is 14.7. The minimum absolute atomic E-state index is 0. The maximum absolute atomic E-state index is 9.87. The summed E-state index contributed by atoms with van der Waals surface area (Å²) in [5, 5.41) is 8.56. The number of aliphatic hydroxyl groups is 1. The second-order valence-corrected chi connectivity index (χ2v) is 4.82. The molecule has 0 aliphatic rings. The fraction of sp³-hybridized carbons (Fsp3) is 0.389. The number of rotatable bonds is 9. The van der Waals surface area contributed by atoms with Crippen LogP contribution in [0.2, 0.25) is 0 Å². The van der Waals surface area contributed by atoms with Gasteiger partial charge in [0.15, 0.2) is 0 Å². The minimum Gasteiger partial charge on any atom is -0.747 e. The van der Waals surface area contributed by atoms with Gasteiger partial charge < -0.3 is 44.5 Å². The summed E-state index contributed by atoms with van der Waals surface area (Å²) in [6.45, 7) is 1.87. The first-order valence-electron chi connectivity index (χ1n) is 7.43. The monoisotopic (exact) mass is 344 g/mol. The van der Waals surface area contributed by atoms with Gasteiger partial charge in [0.2, 0.25) is 0 Å². The predicted molar refractivity (Wildman–Crippen MR) is 84.7 cm³/mol. The zero-order valence-electron chi connectivity index (χ0n) is 12.8. The quantitative estimate of drug-likeness (QED) is 0.327. The maximum atomic E-state index is 9.87. The van der Waals surface area contributed by atoms with Crippen LogP contribution in [0.1, 0.15) is 41.6 Å². The largest absolute Gasteiger partial charge is 0.747 e. The van der Waals surface area contributed by atoms with E-state index < -0.39 is 0 Å². The molecule has 4 heteroatoms. The molecular weight excluding hydrogens is 320 g/mol. The van der Waals surface area contributed by atoms with Crippen LogP contribution < -0.4 is 0 Å². The standard InChI is InChI=1S/C12H19O2.C6H5O.Fe/c13-9-5-1-2-6-10-14-11-12-7-3-4-8-12;7-5-6-3-1-2-4-6;/h3-4,7-8,13H,1-2,5-6,9-11H2;1-5H;/q-5;-1;. The molecule has 0 unspecified atom stereocenters. The molecule has 0 heterocycles. The van der Waals surface area contributed by atoms with Crippen molar-refractivity contribution in [1.29, 1.82) is 0 Å². The van der Waals surface area contributed by atoms with E-state index in [2.05, 4.69) is 12.1 Å². The second-order valence-electron chi connectivity index (χ2n) is 4.82. The summed E-state index contributed by atoms with van der Waals surface area (Å²) >= 11 is 0. The van der Waals surface area contributed by atoms with Gasteiger partial charge in [-0.05, 0) is 12.8 Å². The van der Waals surface area contributed by atoms with E-state index in [0.717, 1.165) is 50.7 Å². The van der Waals surface area contributed by atoms with Crippen molar-refractivity contribution in [1.82, 2.24) is 0 Å². The summed E-state index contributed by atoms with van der Waals surface area (Å²) in [5.41, 5.74) is 2.00. The Labute approximate surface area is 143 Å². The molecule has 0 atom stereocenters. The number of hydrogen-bond acceptors (Lipinski definition) is 3. The molecule has 0 saturated heterocycles. The zero-order valence-corrected chi connectivity index (χ0v) is 13.9. The van der Waals surface area contributed by atoms with Crippen molar-refractivity contribution < 1.29 is 31.7 Å². The van der Waals surface area contributed by atoms with Crippen LogP contribution in [-0.4, -0.2) is 24.6 Å². The van der Waals surface area contributed by atoms with Crippen molar-refractivity contribution in [2.75, 3.05) is 13.2 Å². The molecular formula is C18H24FeO3-6. The number of aliphatic hydroxyl groups excluding tert-OH is 1. The summed E-state index contributed by atoms with van der Waals surface area (Å²) in [5.74, 6) is 0. The van der Waals surface area contributed by atoms with E-state index in [4.69, 9.17) is 9.84 Å². The fourth-order valence-electron chi connectivity index (χ4n) is 1.84. The number of carbonyl (C=O) groups is 1. The van der Waals surface area contributed by atoms with Gasteiger partial charge >= 0.3 is 0 Å². The van der Waals surface area contributed by atoms with Crippen molar-refractivity contribution in [3.05, 3.63) is 59.7 Å². The fourth-order valence-corrected chi connectivity index (χ4v) is 1.84. The molecule has 0 fully saturated rings. The summed E-state index contributed by atoms with van der Waals surface area (Å²) in [4.78, 5) is 9.87. The number of carbonyl (C=O) groups excluding carboxylic acids is 1. The van der Waals surface area contributed by atoms with Gasteiger partial charge in [-0.25, -0.2) is 12.1 Å². The van der Waals surface area contributed by atoms with E-state index in [-0.39, 0.29) is 17.1 Å². The zero-order chi connectivity index (χ0) is 15.2. The van der Waals surface area contributed by atoms with Crippen molar-refractivity contribution in [3.63, 3.8) is 0 Å². The van der Waals surface area contributed by atoms with E-state index in [1.54, 1.807) is 12.1 Å². The van der Waals surface area contributed by atoms with E-state index in [1.807, 2.05) is 24.3 Å².